The molecule has 0 radical (unpaired) electrons. The summed E-state index contributed by atoms with van der Waals surface area (Å²) in [7, 11) is 0. The molecule has 0 aliphatic rings. The second-order valence-corrected chi connectivity index (χ2v) is 5.01. The Morgan fingerprint density at radius 3 is 2.94 bits per heavy atom. The predicted molar refractivity (Wildman–Crippen MR) is 71.6 cm³/mol. The lowest BCUT2D eigenvalue weighted by Gasteiger charge is -2.07. The molecule has 4 nitrogen and oxygen atoms in total. The van der Waals surface area contributed by atoms with Gasteiger partial charge in [0.1, 0.15) is 6.54 Å². The summed E-state index contributed by atoms with van der Waals surface area (Å²) < 4.78 is 1.42. The minimum atomic E-state index is -0.156. The first-order valence-corrected chi connectivity index (χ1v) is 6.50. The molecule has 0 unspecified atom stereocenters. The minimum Gasteiger partial charge on any atom is -0.350 e. The first-order chi connectivity index (χ1) is 8.66. The Morgan fingerprint density at radius 2 is 2.22 bits per heavy atom. The number of nitrogens with zero attached hydrogens (tertiary/aromatic N) is 1. The number of hydrogen-bond acceptors (Lipinski definition) is 3. The van der Waals surface area contributed by atoms with Crippen LogP contribution in [0, 0.1) is 6.92 Å². The van der Waals surface area contributed by atoms with Crippen molar-refractivity contribution in [3.8, 4) is 0 Å². The van der Waals surface area contributed by atoms with E-state index in [9.17, 15) is 9.59 Å². The molecule has 2 aromatic rings. The molecule has 2 rings (SSSR count). The van der Waals surface area contributed by atoms with Crippen LogP contribution in [0.4, 0.5) is 0 Å². The molecule has 1 N–H and O–H groups in total. The van der Waals surface area contributed by atoms with E-state index in [1.165, 1.54) is 4.57 Å². The lowest BCUT2D eigenvalue weighted by atomic mass is 10.3. The smallest absolute Gasteiger partial charge is 0.253 e. The molecule has 0 bridgehead atoms. The number of aryl methyl sites for hydroxylation is 1. The van der Waals surface area contributed by atoms with Crippen molar-refractivity contribution in [2.75, 3.05) is 0 Å². The molecular weight excluding hydrogens is 248 g/mol. The van der Waals surface area contributed by atoms with Gasteiger partial charge in [-0.05, 0) is 24.4 Å². The topological polar surface area (TPSA) is 51.1 Å². The van der Waals surface area contributed by atoms with Gasteiger partial charge >= 0.3 is 0 Å². The standard InChI is InChI=1S/C13H14N2O2S/c1-10-4-2-6-15(13(10)17)9-12(16)14-8-11-5-3-7-18-11/h2-7H,8-9H2,1H3,(H,14,16). The van der Waals surface area contributed by atoms with Crippen molar-refractivity contribution in [3.05, 3.63) is 56.6 Å². The molecule has 0 atom stereocenters. The molecule has 5 heteroatoms. The third-order valence-corrected chi connectivity index (χ3v) is 3.44. The van der Waals surface area contributed by atoms with E-state index in [1.807, 2.05) is 17.5 Å². The Hall–Kier alpha value is -1.88. The van der Waals surface area contributed by atoms with Crippen molar-refractivity contribution in [2.45, 2.75) is 20.0 Å². The summed E-state index contributed by atoms with van der Waals surface area (Å²) >= 11 is 1.59. The highest BCUT2D eigenvalue weighted by molar-refractivity contribution is 7.09. The quantitative estimate of drug-likeness (QED) is 0.908. The van der Waals surface area contributed by atoms with Gasteiger partial charge in [0.15, 0.2) is 0 Å². The van der Waals surface area contributed by atoms with Crippen LogP contribution in [-0.4, -0.2) is 10.5 Å². The zero-order valence-corrected chi connectivity index (χ0v) is 10.9. The Balaban J connectivity index is 1.95. The number of aromatic nitrogens is 1. The summed E-state index contributed by atoms with van der Waals surface area (Å²) in [4.78, 5) is 24.5. The summed E-state index contributed by atoms with van der Waals surface area (Å²) in [5, 5.41) is 4.76. The van der Waals surface area contributed by atoms with Gasteiger partial charge in [0.25, 0.3) is 5.56 Å². The summed E-state index contributed by atoms with van der Waals surface area (Å²) in [6, 6.07) is 7.41. The Kier molecular flexibility index (Phi) is 3.94. The summed E-state index contributed by atoms with van der Waals surface area (Å²) in [6.07, 6.45) is 1.63. The summed E-state index contributed by atoms with van der Waals surface area (Å²) in [5.41, 5.74) is 0.521. The van der Waals surface area contributed by atoms with E-state index < -0.39 is 0 Å². The SMILES string of the molecule is Cc1cccn(CC(=O)NCc2cccs2)c1=O. The number of amides is 1. The van der Waals surface area contributed by atoms with Gasteiger partial charge in [-0.2, -0.15) is 0 Å². The predicted octanol–water partition coefficient (Wildman–Crippen LogP) is 1.53. The lowest BCUT2D eigenvalue weighted by Crippen LogP contribution is -2.32. The highest BCUT2D eigenvalue weighted by Crippen LogP contribution is 2.07. The van der Waals surface area contributed by atoms with E-state index in [0.29, 0.717) is 12.1 Å². The number of carbonyl (C=O) groups excluding carboxylic acids is 1. The van der Waals surface area contributed by atoms with Crippen LogP contribution in [0.3, 0.4) is 0 Å². The molecule has 0 aliphatic heterocycles. The van der Waals surface area contributed by atoms with E-state index in [0.717, 1.165) is 4.88 Å². The molecule has 0 spiro atoms. The van der Waals surface area contributed by atoms with Gasteiger partial charge in [-0.15, -0.1) is 11.3 Å². The van der Waals surface area contributed by atoms with Crippen molar-refractivity contribution in [1.29, 1.82) is 0 Å². The fourth-order valence-corrected chi connectivity index (χ4v) is 2.24. The van der Waals surface area contributed by atoms with Gasteiger partial charge in [-0.3, -0.25) is 9.59 Å². The van der Waals surface area contributed by atoms with Crippen LogP contribution in [0.15, 0.2) is 40.6 Å². The highest BCUT2D eigenvalue weighted by atomic mass is 32.1. The monoisotopic (exact) mass is 262 g/mol. The highest BCUT2D eigenvalue weighted by Gasteiger charge is 2.05. The Bertz CT molecular complexity index is 587. The molecule has 2 heterocycles. The van der Waals surface area contributed by atoms with E-state index in [2.05, 4.69) is 5.32 Å². The molecule has 1 amide bonds. The van der Waals surface area contributed by atoms with Gasteiger partial charge in [0.2, 0.25) is 5.91 Å². The van der Waals surface area contributed by atoms with Crippen molar-refractivity contribution < 1.29 is 4.79 Å². The molecule has 0 aromatic carbocycles. The summed E-state index contributed by atoms with van der Waals surface area (Å²) in [5.74, 6) is -0.156. The van der Waals surface area contributed by atoms with Crippen molar-refractivity contribution in [1.82, 2.24) is 9.88 Å². The van der Waals surface area contributed by atoms with Crippen LogP contribution < -0.4 is 10.9 Å². The normalized spacial score (nSPS) is 10.3. The first kappa shape index (κ1) is 12.6. The zero-order valence-electron chi connectivity index (χ0n) is 10.1. The fraction of sp³-hybridized carbons (Fsp3) is 0.231. The fourth-order valence-electron chi connectivity index (χ4n) is 1.59. The van der Waals surface area contributed by atoms with Gasteiger partial charge in [0, 0.05) is 16.6 Å². The molecule has 0 saturated carbocycles. The Morgan fingerprint density at radius 1 is 1.39 bits per heavy atom. The van der Waals surface area contributed by atoms with E-state index in [1.54, 1.807) is 36.6 Å². The molecule has 2 aromatic heterocycles. The average molecular weight is 262 g/mol. The first-order valence-electron chi connectivity index (χ1n) is 5.62. The second kappa shape index (κ2) is 5.64. The summed E-state index contributed by atoms with van der Waals surface area (Å²) in [6.45, 7) is 2.31. The molecular formula is C13H14N2O2S. The van der Waals surface area contributed by atoms with Gasteiger partial charge in [-0.1, -0.05) is 12.1 Å². The molecule has 94 valence electrons. The van der Waals surface area contributed by atoms with Crippen LogP contribution in [0.25, 0.3) is 0 Å². The molecule has 0 saturated heterocycles. The van der Waals surface area contributed by atoms with Crippen LogP contribution >= 0.6 is 11.3 Å². The van der Waals surface area contributed by atoms with Crippen LogP contribution in [0.5, 0.6) is 0 Å². The van der Waals surface area contributed by atoms with Crippen molar-refractivity contribution >= 4 is 17.2 Å². The third-order valence-electron chi connectivity index (χ3n) is 2.56. The number of nitrogens with one attached hydrogen (secondary N) is 1. The maximum atomic E-state index is 11.7. The number of pyridine rings is 1. The molecule has 0 fully saturated rings. The van der Waals surface area contributed by atoms with E-state index in [4.69, 9.17) is 0 Å². The second-order valence-electron chi connectivity index (χ2n) is 3.98. The van der Waals surface area contributed by atoms with Gasteiger partial charge in [0.05, 0.1) is 6.54 Å². The number of rotatable bonds is 4. The van der Waals surface area contributed by atoms with Gasteiger partial charge < -0.3 is 9.88 Å². The van der Waals surface area contributed by atoms with Crippen LogP contribution in [-0.2, 0) is 17.9 Å². The lowest BCUT2D eigenvalue weighted by molar-refractivity contribution is -0.121. The maximum Gasteiger partial charge on any atom is 0.253 e. The van der Waals surface area contributed by atoms with Gasteiger partial charge in [-0.25, -0.2) is 0 Å². The molecule has 0 aliphatic carbocycles. The zero-order chi connectivity index (χ0) is 13.0. The minimum absolute atomic E-state index is 0.0614. The number of thiophene rings is 1. The van der Waals surface area contributed by atoms with E-state index in [-0.39, 0.29) is 18.0 Å². The molecule has 18 heavy (non-hydrogen) atoms. The van der Waals surface area contributed by atoms with Crippen molar-refractivity contribution in [2.24, 2.45) is 0 Å². The average Bonchev–Trinajstić information content (AvgIpc) is 2.86. The van der Waals surface area contributed by atoms with Crippen LogP contribution in [0.1, 0.15) is 10.4 Å². The van der Waals surface area contributed by atoms with E-state index >= 15 is 0 Å². The Labute approximate surface area is 109 Å². The van der Waals surface area contributed by atoms with Crippen molar-refractivity contribution in [3.63, 3.8) is 0 Å². The number of carbonyl (C=O) groups is 1. The third kappa shape index (κ3) is 3.07. The largest absolute Gasteiger partial charge is 0.350 e. The maximum absolute atomic E-state index is 11.7. The van der Waals surface area contributed by atoms with Crippen LogP contribution in [0.2, 0.25) is 0 Å². The number of hydrogen-bond donors (Lipinski definition) is 1.